The zero-order valence-electron chi connectivity index (χ0n) is 7.81. The molecule has 0 saturated heterocycles. The molecule has 0 saturated carbocycles. The van der Waals surface area contributed by atoms with Crippen molar-refractivity contribution >= 4 is 5.97 Å². The SMILES string of the molecule is O=C(O)/C=C/C1CCc2ccccc21. The van der Waals surface area contributed by atoms with Crippen molar-refractivity contribution in [3.05, 3.63) is 47.5 Å². The maximum Gasteiger partial charge on any atom is 0.327 e. The first kappa shape index (κ1) is 9.00. The Balaban J connectivity index is 2.22. The van der Waals surface area contributed by atoms with Crippen molar-refractivity contribution in [3.8, 4) is 0 Å². The summed E-state index contributed by atoms with van der Waals surface area (Å²) in [7, 11) is 0. The van der Waals surface area contributed by atoms with Crippen LogP contribution in [0.3, 0.4) is 0 Å². The van der Waals surface area contributed by atoms with Crippen LogP contribution < -0.4 is 0 Å². The number of carbonyl (C=O) groups is 1. The molecule has 72 valence electrons. The van der Waals surface area contributed by atoms with Gasteiger partial charge in [0.1, 0.15) is 0 Å². The summed E-state index contributed by atoms with van der Waals surface area (Å²) in [5.41, 5.74) is 2.64. The number of allylic oxidation sites excluding steroid dienone is 1. The third-order valence-corrected chi connectivity index (χ3v) is 2.65. The second kappa shape index (κ2) is 3.66. The van der Waals surface area contributed by atoms with Gasteiger partial charge in [-0.3, -0.25) is 0 Å². The molecule has 2 heteroatoms. The first-order chi connectivity index (χ1) is 6.77. The fourth-order valence-corrected chi connectivity index (χ4v) is 1.99. The van der Waals surface area contributed by atoms with Crippen LogP contribution in [-0.2, 0) is 11.2 Å². The Morgan fingerprint density at radius 1 is 1.43 bits per heavy atom. The van der Waals surface area contributed by atoms with Crippen molar-refractivity contribution in [3.63, 3.8) is 0 Å². The zero-order chi connectivity index (χ0) is 9.97. The van der Waals surface area contributed by atoms with E-state index in [0.29, 0.717) is 5.92 Å². The van der Waals surface area contributed by atoms with Crippen molar-refractivity contribution in [2.45, 2.75) is 18.8 Å². The molecule has 0 aromatic heterocycles. The summed E-state index contributed by atoms with van der Waals surface area (Å²) < 4.78 is 0. The van der Waals surface area contributed by atoms with E-state index < -0.39 is 5.97 Å². The van der Waals surface area contributed by atoms with Crippen molar-refractivity contribution in [1.82, 2.24) is 0 Å². The molecule has 0 radical (unpaired) electrons. The monoisotopic (exact) mass is 188 g/mol. The molecular formula is C12H12O2. The van der Waals surface area contributed by atoms with Crippen LogP contribution in [0.4, 0.5) is 0 Å². The predicted octanol–water partition coefficient (Wildman–Crippen LogP) is 2.36. The van der Waals surface area contributed by atoms with Crippen LogP contribution in [0.15, 0.2) is 36.4 Å². The molecule has 1 aliphatic carbocycles. The number of benzene rings is 1. The molecule has 0 amide bonds. The number of hydrogen-bond donors (Lipinski definition) is 1. The molecule has 14 heavy (non-hydrogen) atoms. The molecule has 1 N–H and O–H groups in total. The normalized spacial score (nSPS) is 19.9. The van der Waals surface area contributed by atoms with Crippen LogP contribution >= 0.6 is 0 Å². The van der Waals surface area contributed by atoms with Gasteiger partial charge in [0.15, 0.2) is 0 Å². The molecule has 0 heterocycles. The first-order valence-corrected chi connectivity index (χ1v) is 4.76. The van der Waals surface area contributed by atoms with Gasteiger partial charge in [-0.1, -0.05) is 30.3 Å². The maximum absolute atomic E-state index is 10.4. The van der Waals surface area contributed by atoms with E-state index >= 15 is 0 Å². The van der Waals surface area contributed by atoms with Gasteiger partial charge in [0.25, 0.3) is 0 Å². The van der Waals surface area contributed by atoms with E-state index in [4.69, 9.17) is 5.11 Å². The van der Waals surface area contributed by atoms with E-state index in [0.717, 1.165) is 12.8 Å². The fourth-order valence-electron chi connectivity index (χ4n) is 1.99. The van der Waals surface area contributed by atoms with Crippen LogP contribution in [0.5, 0.6) is 0 Å². The molecule has 1 aliphatic rings. The van der Waals surface area contributed by atoms with Crippen molar-refractivity contribution in [2.75, 3.05) is 0 Å². The fraction of sp³-hybridized carbons (Fsp3) is 0.250. The summed E-state index contributed by atoms with van der Waals surface area (Å²) >= 11 is 0. The number of carboxylic acids is 1. The van der Waals surface area contributed by atoms with E-state index in [9.17, 15) is 4.79 Å². The minimum Gasteiger partial charge on any atom is -0.478 e. The van der Waals surface area contributed by atoms with E-state index in [2.05, 4.69) is 12.1 Å². The third-order valence-electron chi connectivity index (χ3n) is 2.65. The number of aliphatic carboxylic acids is 1. The number of hydrogen-bond acceptors (Lipinski definition) is 1. The van der Waals surface area contributed by atoms with Crippen LogP contribution in [0.1, 0.15) is 23.5 Å². The Morgan fingerprint density at radius 2 is 2.21 bits per heavy atom. The van der Waals surface area contributed by atoms with Crippen LogP contribution in [0.2, 0.25) is 0 Å². The quantitative estimate of drug-likeness (QED) is 0.723. The zero-order valence-corrected chi connectivity index (χ0v) is 7.81. The molecular weight excluding hydrogens is 176 g/mol. The average molecular weight is 188 g/mol. The summed E-state index contributed by atoms with van der Waals surface area (Å²) in [6, 6.07) is 8.23. The van der Waals surface area contributed by atoms with Gasteiger partial charge < -0.3 is 5.11 Å². The van der Waals surface area contributed by atoms with E-state index in [1.165, 1.54) is 17.2 Å². The molecule has 0 aliphatic heterocycles. The lowest BCUT2D eigenvalue weighted by Crippen LogP contribution is -1.92. The van der Waals surface area contributed by atoms with E-state index in [1.807, 2.05) is 12.1 Å². The van der Waals surface area contributed by atoms with Gasteiger partial charge in [-0.15, -0.1) is 0 Å². The Bertz CT molecular complexity index is 380. The smallest absolute Gasteiger partial charge is 0.327 e. The number of carboxylic acid groups (broad SMARTS) is 1. The van der Waals surface area contributed by atoms with Crippen LogP contribution in [0.25, 0.3) is 0 Å². The summed E-state index contributed by atoms with van der Waals surface area (Å²) in [6.07, 6.45) is 5.12. The minimum absolute atomic E-state index is 0.294. The highest BCUT2D eigenvalue weighted by atomic mass is 16.4. The predicted molar refractivity (Wildman–Crippen MR) is 54.3 cm³/mol. The summed E-state index contributed by atoms with van der Waals surface area (Å²) in [5, 5.41) is 8.53. The number of aryl methyl sites for hydroxylation is 1. The van der Waals surface area contributed by atoms with Crippen LogP contribution in [-0.4, -0.2) is 11.1 Å². The van der Waals surface area contributed by atoms with Gasteiger partial charge in [0.2, 0.25) is 0 Å². The molecule has 1 atom stereocenters. The Kier molecular flexibility index (Phi) is 2.35. The third kappa shape index (κ3) is 1.69. The van der Waals surface area contributed by atoms with Crippen molar-refractivity contribution < 1.29 is 9.90 Å². The molecule has 0 fully saturated rings. The topological polar surface area (TPSA) is 37.3 Å². The lowest BCUT2D eigenvalue weighted by atomic mass is 10.0. The minimum atomic E-state index is -0.866. The standard InChI is InChI=1S/C12H12O2/c13-12(14)8-7-10-6-5-9-3-1-2-4-11(9)10/h1-4,7-8,10H,5-6H2,(H,13,14)/b8-7+. The highest BCUT2D eigenvalue weighted by Gasteiger charge is 2.19. The van der Waals surface area contributed by atoms with Gasteiger partial charge in [0, 0.05) is 12.0 Å². The van der Waals surface area contributed by atoms with E-state index in [1.54, 1.807) is 6.08 Å². The second-order valence-electron chi connectivity index (χ2n) is 3.54. The molecule has 0 spiro atoms. The van der Waals surface area contributed by atoms with E-state index in [-0.39, 0.29) is 0 Å². The Labute approximate surface area is 82.9 Å². The van der Waals surface area contributed by atoms with Gasteiger partial charge in [-0.05, 0) is 24.0 Å². The molecule has 2 rings (SSSR count). The first-order valence-electron chi connectivity index (χ1n) is 4.76. The molecule has 0 bridgehead atoms. The second-order valence-corrected chi connectivity index (χ2v) is 3.54. The Morgan fingerprint density at radius 3 is 3.00 bits per heavy atom. The summed E-state index contributed by atoms with van der Waals surface area (Å²) in [4.78, 5) is 10.4. The molecule has 2 nitrogen and oxygen atoms in total. The van der Waals surface area contributed by atoms with Gasteiger partial charge in [0.05, 0.1) is 0 Å². The molecule has 1 aromatic rings. The summed E-state index contributed by atoms with van der Waals surface area (Å²) in [6.45, 7) is 0. The highest BCUT2D eigenvalue weighted by molar-refractivity contribution is 5.79. The maximum atomic E-state index is 10.4. The van der Waals surface area contributed by atoms with Crippen molar-refractivity contribution in [1.29, 1.82) is 0 Å². The lowest BCUT2D eigenvalue weighted by molar-refractivity contribution is -0.131. The average Bonchev–Trinajstić information content (AvgIpc) is 2.58. The number of rotatable bonds is 2. The van der Waals surface area contributed by atoms with Gasteiger partial charge in [-0.25, -0.2) is 4.79 Å². The summed E-state index contributed by atoms with van der Waals surface area (Å²) in [5.74, 6) is -0.573. The van der Waals surface area contributed by atoms with Crippen LogP contribution in [0, 0.1) is 0 Å². The largest absolute Gasteiger partial charge is 0.478 e. The molecule has 1 unspecified atom stereocenters. The lowest BCUT2D eigenvalue weighted by Gasteiger charge is -2.04. The van der Waals surface area contributed by atoms with Gasteiger partial charge in [-0.2, -0.15) is 0 Å². The Hall–Kier alpha value is -1.57. The van der Waals surface area contributed by atoms with Gasteiger partial charge >= 0.3 is 5.97 Å². The molecule has 1 aromatic carbocycles. The number of fused-ring (bicyclic) bond motifs is 1. The van der Waals surface area contributed by atoms with Crippen molar-refractivity contribution in [2.24, 2.45) is 0 Å². The highest BCUT2D eigenvalue weighted by Crippen LogP contribution is 2.33.